The lowest BCUT2D eigenvalue weighted by atomic mass is 9.91. The van der Waals surface area contributed by atoms with Crippen molar-refractivity contribution in [3.8, 4) is 0 Å². The third kappa shape index (κ3) is 1.11. The van der Waals surface area contributed by atoms with Gasteiger partial charge in [-0.1, -0.05) is 11.6 Å². The molecule has 2 bridgehead atoms. The highest BCUT2D eigenvalue weighted by molar-refractivity contribution is 6.31. The first-order valence-corrected chi connectivity index (χ1v) is 5.06. The Labute approximate surface area is 86.9 Å². The highest BCUT2D eigenvalue weighted by Crippen LogP contribution is 2.37. The van der Waals surface area contributed by atoms with E-state index in [0.717, 1.165) is 19.0 Å². The third-order valence-corrected chi connectivity index (χ3v) is 3.10. The van der Waals surface area contributed by atoms with Gasteiger partial charge < -0.3 is 9.64 Å². The van der Waals surface area contributed by atoms with Crippen LogP contribution in [0.1, 0.15) is 6.42 Å². The molecule has 0 unspecified atom stereocenters. The molecule has 0 aliphatic carbocycles. The number of fused-ring (bicyclic) bond motifs is 2. The van der Waals surface area contributed by atoms with Crippen molar-refractivity contribution in [2.45, 2.75) is 18.5 Å². The summed E-state index contributed by atoms with van der Waals surface area (Å²) < 4.78 is 5.39. The molecule has 14 heavy (non-hydrogen) atoms. The van der Waals surface area contributed by atoms with Gasteiger partial charge in [0.1, 0.15) is 0 Å². The lowest BCUT2D eigenvalue weighted by Gasteiger charge is -2.52. The number of anilines is 1. The van der Waals surface area contributed by atoms with Crippen LogP contribution in [-0.4, -0.2) is 35.3 Å². The van der Waals surface area contributed by atoms with E-state index in [1.165, 1.54) is 6.42 Å². The fourth-order valence-corrected chi connectivity index (χ4v) is 2.37. The van der Waals surface area contributed by atoms with Crippen LogP contribution in [0.3, 0.4) is 0 Å². The molecule has 1 aromatic rings. The van der Waals surface area contributed by atoms with Crippen molar-refractivity contribution in [2.24, 2.45) is 0 Å². The second-order valence-electron chi connectivity index (χ2n) is 3.66. The van der Waals surface area contributed by atoms with Crippen molar-refractivity contribution in [1.29, 1.82) is 0 Å². The highest BCUT2D eigenvalue weighted by Gasteiger charge is 2.43. The minimum absolute atomic E-state index is 0.447. The number of morpholine rings is 1. The van der Waals surface area contributed by atoms with Gasteiger partial charge in [0.15, 0.2) is 11.0 Å². The number of hydrogen-bond donors (Lipinski definition) is 0. The smallest absolute Gasteiger partial charge is 0.171 e. The molecular weight excluding hydrogens is 202 g/mol. The highest BCUT2D eigenvalue weighted by atomic mass is 35.5. The Morgan fingerprint density at radius 3 is 2.64 bits per heavy atom. The fourth-order valence-electron chi connectivity index (χ4n) is 2.17. The zero-order valence-electron chi connectivity index (χ0n) is 7.56. The molecule has 0 saturated carbocycles. The average molecular weight is 212 g/mol. The summed E-state index contributed by atoms with van der Waals surface area (Å²) in [5.41, 5.74) is 0. The third-order valence-electron chi connectivity index (χ3n) is 2.83. The van der Waals surface area contributed by atoms with Gasteiger partial charge in [-0.25, -0.2) is 9.97 Å². The van der Waals surface area contributed by atoms with Crippen LogP contribution < -0.4 is 4.90 Å². The number of rotatable bonds is 1. The molecule has 0 spiro atoms. The molecule has 4 nitrogen and oxygen atoms in total. The SMILES string of the molecule is Clc1nccnc1N1[C@H]2COC[C@H]1C2. The minimum atomic E-state index is 0.447. The molecule has 0 amide bonds. The number of halogens is 1. The summed E-state index contributed by atoms with van der Waals surface area (Å²) in [4.78, 5) is 10.5. The van der Waals surface area contributed by atoms with Gasteiger partial charge in [0.25, 0.3) is 0 Å². The molecule has 0 radical (unpaired) electrons. The summed E-state index contributed by atoms with van der Waals surface area (Å²) in [6, 6.07) is 0.894. The zero-order chi connectivity index (χ0) is 9.54. The molecular formula is C9H10ClN3O. The van der Waals surface area contributed by atoms with Gasteiger partial charge in [-0.2, -0.15) is 0 Å². The second-order valence-corrected chi connectivity index (χ2v) is 4.02. The van der Waals surface area contributed by atoms with E-state index in [9.17, 15) is 0 Å². The molecule has 0 N–H and O–H groups in total. The van der Waals surface area contributed by atoms with Gasteiger partial charge in [0.05, 0.1) is 25.3 Å². The molecule has 2 aliphatic rings. The molecule has 0 aromatic carbocycles. The predicted octanol–water partition coefficient (Wildman–Crippen LogP) is 1.11. The molecule has 2 fully saturated rings. The van der Waals surface area contributed by atoms with Crippen LogP contribution in [0.25, 0.3) is 0 Å². The zero-order valence-corrected chi connectivity index (χ0v) is 8.31. The lowest BCUT2D eigenvalue weighted by molar-refractivity contribution is 0.00967. The van der Waals surface area contributed by atoms with Crippen LogP contribution in [0.2, 0.25) is 5.15 Å². The van der Waals surface area contributed by atoms with Crippen LogP contribution in [-0.2, 0) is 4.74 Å². The first kappa shape index (κ1) is 8.44. The fraction of sp³-hybridized carbons (Fsp3) is 0.556. The van der Waals surface area contributed by atoms with Crippen molar-refractivity contribution in [3.05, 3.63) is 17.5 Å². The molecule has 3 rings (SSSR count). The predicted molar refractivity (Wildman–Crippen MR) is 52.5 cm³/mol. The van der Waals surface area contributed by atoms with E-state index in [1.807, 2.05) is 0 Å². The van der Waals surface area contributed by atoms with Crippen molar-refractivity contribution in [3.63, 3.8) is 0 Å². The summed E-state index contributed by atoms with van der Waals surface area (Å²) >= 11 is 5.99. The summed E-state index contributed by atoms with van der Waals surface area (Å²) in [7, 11) is 0. The topological polar surface area (TPSA) is 38.2 Å². The van der Waals surface area contributed by atoms with E-state index in [1.54, 1.807) is 12.4 Å². The van der Waals surface area contributed by atoms with Gasteiger partial charge >= 0.3 is 0 Å². The molecule has 2 aliphatic heterocycles. The summed E-state index contributed by atoms with van der Waals surface area (Å²) in [6.07, 6.45) is 4.47. The maximum absolute atomic E-state index is 5.99. The van der Waals surface area contributed by atoms with Crippen molar-refractivity contribution in [1.82, 2.24) is 9.97 Å². The minimum Gasteiger partial charge on any atom is -0.377 e. The van der Waals surface area contributed by atoms with Crippen molar-refractivity contribution < 1.29 is 4.74 Å². The molecule has 74 valence electrons. The van der Waals surface area contributed by atoms with Crippen LogP contribution in [0.4, 0.5) is 5.82 Å². The molecule has 5 heteroatoms. The van der Waals surface area contributed by atoms with E-state index in [0.29, 0.717) is 17.2 Å². The first-order chi connectivity index (χ1) is 6.86. The number of ether oxygens (including phenoxy) is 1. The number of nitrogens with zero attached hydrogens (tertiary/aromatic N) is 3. The molecule has 2 saturated heterocycles. The number of hydrogen-bond acceptors (Lipinski definition) is 4. The monoisotopic (exact) mass is 211 g/mol. The Balaban J connectivity index is 1.93. The van der Waals surface area contributed by atoms with Gasteiger partial charge in [0.2, 0.25) is 0 Å². The normalized spacial score (nSPS) is 29.9. The van der Waals surface area contributed by atoms with E-state index < -0.39 is 0 Å². The van der Waals surface area contributed by atoms with E-state index >= 15 is 0 Å². The number of aromatic nitrogens is 2. The average Bonchev–Trinajstić information content (AvgIpc) is 2.22. The Morgan fingerprint density at radius 2 is 2.00 bits per heavy atom. The van der Waals surface area contributed by atoms with Crippen LogP contribution in [0.5, 0.6) is 0 Å². The van der Waals surface area contributed by atoms with Crippen LogP contribution in [0, 0.1) is 0 Å². The standard InChI is InChI=1S/C9H10ClN3O/c10-8-9(12-2-1-11-8)13-6-3-7(13)5-14-4-6/h1-2,6-7H,3-5H2/t6-,7-/m1/s1. The quantitative estimate of drug-likeness (QED) is 0.698. The molecule has 3 heterocycles. The van der Waals surface area contributed by atoms with Crippen LogP contribution >= 0.6 is 11.6 Å². The van der Waals surface area contributed by atoms with Gasteiger partial charge in [-0.3, -0.25) is 0 Å². The van der Waals surface area contributed by atoms with E-state index in [-0.39, 0.29) is 0 Å². The molecule has 1 aromatic heterocycles. The Kier molecular flexibility index (Phi) is 1.85. The summed E-state index contributed by atoms with van der Waals surface area (Å²) in [5, 5.41) is 0.490. The van der Waals surface area contributed by atoms with Gasteiger partial charge in [-0.05, 0) is 6.42 Å². The Bertz CT molecular complexity index is 346. The molecule has 2 atom stereocenters. The van der Waals surface area contributed by atoms with Crippen LogP contribution in [0.15, 0.2) is 12.4 Å². The lowest BCUT2D eigenvalue weighted by Crippen LogP contribution is -2.64. The van der Waals surface area contributed by atoms with Gasteiger partial charge in [0, 0.05) is 12.4 Å². The van der Waals surface area contributed by atoms with E-state index in [2.05, 4.69) is 14.9 Å². The van der Waals surface area contributed by atoms with Crippen molar-refractivity contribution in [2.75, 3.05) is 18.1 Å². The van der Waals surface area contributed by atoms with E-state index in [4.69, 9.17) is 16.3 Å². The maximum Gasteiger partial charge on any atom is 0.171 e. The summed E-state index contributed by atoms with van der Waals surface area (Å²) in [5.74, 6) is 0.804. The maximum atomic E-state index is 5.99. The van der Waals surface area contributed by atoms with Gasteiger partial charge in [-0.15, -0.1) is 0 Å². The first-order valence-electron chi connectivity index (χ1n) is 4.69. The largest absolute Gasteiger partial charge is 0.377 e. The summed E-state index contributed by atoms with van der Waals surface area (Å²) in [6.45, 7) is 1.56. The Hall–Kier alpha value is -0.870. The second kappa shape index (κ2) is 3.07. The van der Waals surface area contributed by atoms with Crippen molar-refractivity contribution >= 4 is 17.4 Å². The Morgan fingerprint density at radius 1 is 1.29 bits per heavy atom.